The van der Waals surface area contributed by atoms with Gasteiger partial charge in [-0.2, -0.15) is 0 Å². The van der Waals surface area contributed by atoms with E-state index in [0.29, 0.717) is 24.3 Å². The van der Waals surface area contributed by atoms with Gasteiger partial charge in [-0.15, -0.1) is 0 Å². The molecule has 2 atom stereocenters. The number of methoxy groups -OCH3 is 3. The molecular weight excluding hydrogens is 376 g/mol. The lowest BCUT2D eigenvalue weighted by Gasteiger charge is -2.23. The van der Waals surface area contributed by atoms with Crippen molar-refractivity contribution in [1.82, 2.24) is 0 Å². The highest BCUT2D eigenvalue weighted by Gasteiger charge is 2.28. The largest absolute Gasteiger partial charge is 0.504 e. The summed E-state index contributed by atoms with van der Waals surface area (Å²) in [6.45, 7) is -0.237. The molecule has 2 aromatic rings. The van der Waals surface area contributed by atoms with E-state index >= 15 is 0 Å². The number of aliphatic carboxylic acids is 1. The van der Waals surface area contributed by atoms with Gasteiger partial charge in [-0.1, -0.05) is 12.1 Å². The summed E-state index contributed by atoms with van der Waals surface area (Å²) in [7, 11) is 4.56. The highest BCUT2D eigenvalue weighted by Crippen LogP contribution is 2.31. The number of aliphatic hydroxyl groups is 1. The molecule has 0 aliphatic carbocycles. The van der Waals surface area contributed by atoms with Crippen molar-refractivity contribution in [2.45, 2.75) is 19.3 Å². The summed E-state index contributed by atoms with van der Waals surface area (Å²) in [5.74, 6) is -0.651. The minimum Gasteiger partial charge on any atom is -0.504 e. The Morgan fingerprint density at radius 2 is 1.55 bits per heavy atom. The van der Waals surface area contributed by atoms with E-state index in [-0.39, 0.29) is 24.5 Å². The highest BCUT2D eigenvalue weighted by molar-refractivity contribution is 5.71. The first kappa shape index (κ1) is 22.4. The van der Waals surface area contributed by atoms with Gasteiger partial charge in [0.15, 0.2) is 23.0 Å². The van der Waals surface area contributed by atoms with E-state index in [1.165, 1.54) is 13.2 Å². The molecule has 0 amide bonds. The smallest absolute Gasteiger partial charge is 0.307 e. The maximum absolute atomic E-state index is 11.9. The second kappa shape index (κ2) is 10.6. The van der Waals surface area contributed by atoms with Crippen LogP contribution in [0.25, 0.3) is 0 Å². The molecule has 0 radical (unpaired) electrons. The summed E-state index contributed by atoms with van der Waals surface area (Å²) >= 11 is 0. The fraction of sp³-hybridized carbons (Fsp3) is 0.409. The Labute approximate surface area is 170 Å². The van der Waals surface area contributed by atoms with E-state index in [4.69, 9.17) is 14.2 Å². The fourth-order valence-electron chi connectivity index (χ4n) is 3.37. The number of hydrogen-bond donors (Lipinski definition) is 3. The molecule has 0 saturated carbocycles. The summed E-state index contributed by atoms with van der Waals surface area (Å²) in [6.07, 6.45) is 1.32. The standard InChI is InChI=1S/C22H28O7/c1-27-19-9-6-14(11-21(19)29-3)4-7-16(13-23)17(22(25)26)10-15-5-8-18(24)20(12-15)28-2/h5-6,8-9,11-12,16-17,23-24H,4,7,10,13H2,1-3H3,(H,25,26)/t16-,17+/m0/s1. The van der Waals surface area contributed by atoms with Gasteiger partial charge in [0.05, 0.1) is 27.2 Å². The summed E-state index contributed by atoms with van der Waals surface area (Å²) in [6, 6.07) is 10.3. The lowest BCUT2D eigenvalue weighted by Crippen LogP contribution is -2.29. The van der Waals surface area contributed by atoms with Crippen LogP contribution in [0, 0.1) is 11.8 Å². The van der Waals surface area contributed by atoms with Gasteiger partial charge in [-0.05, 0) is 60.6 Å². The number of aliphatic hydroxyl groups excluding tert-OH is 1. The van der Waals surface area contributed by atoms with Gasteiger partial charge in [-0.3, -0.25) is 4.79 Å². The van der Waals surface area contributed by atoms with Crippen molar-refractivity contribution in [1.29, 1.82) is 0 Å². The number of phenolic OH excluding ortho intramolecular Hbond substituents is 1. The molecule has 0 fully saturated rings. The SMILES string of the molecule is COc1cc(C[C@@H](C(=O)O)[C@H](CO)CCc2ccc(OC)c(OC)c2)ccc1O. The number of benzene rings is 2. The van der Waals surface area contributed by atoms with E-state index in [1.54, 1.807) is 32.4 Å². The minimum atomic E-state index is -0.969. The van der Waals surface area contributed by atoms with Crippen LogP contribution in [0.1, 0.15) is 17.5 Å². The van der Waals surface area contributed by atoms with E-state index in [2.05, 4.69) is 0 Å². The zero-order valence-electron chi connectivity index (χ0n) is 16.9. The molecule has 7 heteroatoms. The molecule has 7 nitrogen and oxygen atoms in total. The van der Waals surface area contributed by atoms with Gasteiger partial charge in [0.25, 0.3) is 0 Å². The van der Waals surface area contributed by atoms with Crippen LogP contribution in [0.15, 0.2) is 36.4 Å². The Kier molecular flexibility index (Phi) is 8.15. The summed E-state index contributed by atoms with van der Waals surface area (Å²) in [5.41, 5.74) is 1.69. The molecule has 0 unspecified atom stereocenters. The van der Waals surface area contributed by atoms with Crippen molar-refractivity contribution in [2.75, 3.05) is 27.9 Å². The summed E-state index contributed by atoms with van der Waals surface area (Å²) < 4.78 is 15.6. The van der Waals surface area contributed by atoms with E-state index in [0.717, 1.165) is 11.1 Å². The van der Waals surface area contributed by atoms with E-state index in [1.807, 2.05) is 12.1 Å². The lowest BCUT2D eigenvalue weighted by atomic mass is 9.83. The molecule has 29 heavy (non-hydrogen) atoms. The molecule has 0 saturated heterocycles. The first-order valence-corrected chi connectivity index (χ1v) is 9.33. The van der Waals surface area contributed by atoms with E-state index in [9.17, 15) is 20.1 Å². The Bertz CT molecular complexity index is 819. The van der Waals surface area contributed by atoms with Crippen molar-refractivity contribution < 1.29 is 34.3 Å². The molecule has 0 heterocycles. The second-order valence-corrected chi connectivity index (χ2v) is 6.83. The van der Waals surface area contributed by atoms with Crippen LogP contribution in [0.5, 0.6) is 23.0 Å². The average molecular weight is 404 g/mol. The monoisotopic (exact) mass is 404 g/mol. The van der Waals surface area contributed by atoms with Gasteiger partial charge in [0.1, 0.15) is 0 Å². The van der Waals surface area contributed by atoms with Crippen LogP contribution in [0.3, 0.4) is 0 Å². The quantitative estimate of drug-likeness (QED) is 0.529. The topological polar surface area (TPSA) is 105 Å². The maximum atomic E-state index is 11.9. The van der Waals surface area contributed by atoms with Crippen LogP contribution in [0.2, 0.25) is 0 Å². The number of aryl methyl sites for hydroxylation is 1. The Balaban J connectivity index is 2.13. The second-order valence-electron chi connectivity index (χ2n) is 6.83. The number of carbonyl (C=O) groups is 1. The summed E-state index contributed by atoms with van der Waals surface area (Å²) in [5, 5.41) is 29.3. The van der Waals surface area contributed by atoms with Crippen molar-refractivity contribution in [2.24, 2.45) is 11.8 Å². The van der Waals surface area contributed by atoms with Gasteiger partial charge >= 0.3 is 5.97 Å². The maximum Gasteiger partial charge on any atom is 0.307 e. The van der Waals surface area contributed by atoms with Gasteiger partial charge in [0.2, 0.25) is 0 Å². The van der Waals surface area contributed by atoms with Crippen LogP contribution in [0.4, 0.5) is 0 Å². The zero-order valence-corrected chi connectivity index (χ0v) is 16.9. The van der Waals surface area contributed by atoms with Crippen molar-refractivity contribution in [3.63, 3.8) is 0 Å². The number of aromatic hydroxyl groups is 1. The van der Waals surface area contributed by atoms with Gasteiger partial charge in [0, 0.05) is 6.61 Å². The third-order valence-corrected chi connectivity index (χ3v) is 5.07. The average Bonchev–Trinajstić information content (AvgIpc) is 2.73. The lowest BCUT2D eigenvalue weighted by molar-refractivity contribution is -0.144. The van der Waals surface area contributed by atoms with E-state index < -0.39 is 17.8 Å². The number of ether oxygens (including phenoxy) is 3. The van der Waals surface area contributed by atoms with Gasteiger partial charge in [-0.25, -0.2) is 0 Å². The number of hydrogen-bond acceptors (Lipinski definition) is 6. The Morgan fingerprint density at radius 3 is 2.14 bits per heavy atom. The molecule has 0 spiro atoms. The van der Waals surface area contributed by atoms with Crippen LogP contribution < -0.4 is 14.2 Å². The molecule has 0 aliphatic heterocycles. The van der Waals surface area contributed by atoms with Crippen LogP contribution >= 0.6 is 0 Å². The zero-order chi connectivity index (χ0) is 21.4. The third-order valence-electron chi connectivity index (χ3n) is 5.07. The molecule has 0 bridgehead atoms. The molecule has 158 valence electrons. The van der Waals surface area contributed by atoms with Crippen molar-refractivity contribution in [3.05, 3.63) is 47.5 Å². The molecular formula is C22H28O7. The van der Waals surface area contributed by atoms with Gasteiger partial charge < -0.3 is 29.5 Å². The van der Waals surface area contributed by atoms with Crippen molar-refractivity contribution in [3.8, 4) is 23.0 Å². The minimum absolute atomic E-state index is 0.00436. The number of carboxylic acids is 1. The normalized spacial score (nSPS) is 12.8. The van der Waals surface area contributed by atoms with Crippen LogP contribution in [-0.4, -0.2) is 49.2 Å². The predicted octanol–water partition coefficient (Wildman–Crippen LogP) is 2.90. The molecule has 3 N–H and O–H groups in total. The fourth-order valence-corrected chi connectivity index (χ4v) is 3.37. The molecule has 0 aromatic heterocycles. The predicted molar refractivity (Wildman–Crippen MR) is 108 cm³/mol. The highest BCUT2D eigenvalue weighted by atomic mass is 16.5. The molecule has 2 aromatic carbocycles. The Morgan fingerprint density at radius 1 is 0.931 bits per heavy atom. The van der Waals surface area contributed by atoms with Crippen molar-refractivity contribution >= 4 is 5.97 Å². The first-order chi connectivity index (χ1) is 13.9. The molecule has 2 rings (SSSR count). The Hall–Kier alpha value is -2.93. The molecule has 0 aliphatic rings. The number of rotatable bonds is 11. The van der Waals surface area contributed by atoms with Crippen LogP contribution in [-0.2, 0) is 17.6 Å². The number of phenols is 1. The number of carboxylic acid groups (broad SMARTS) is 1. The summed E-state index contributed by atoms with van der Waals surface area (Å²) in [4.78, 5) is 11.9. The first-order valence-electron chi connectivity index (χ1n) is 9.33. The third kappa shape index (κ3) is 5.77.